The quantitative estimate of drug-likeness (QED) is 0.622. The fourth-order valence-electron chi connectivity index (χ4n) is 2.27. The summed E-state index contributed by atoms with van der Waals surface area (Å²) in [6.07, 6.45) is 5.42. The van der Waals surface area contributed by atoms with E-state index in [-0.39, 0.29) is 0 Å². The zero-order valence-electron chi connectivity index (χ0n) is 13.3. The summed E-state index contributed by atoms with van der Waals surface area (Å²) in [5.74, 6) is 2.15. The lowest BCUT2D eigenvalue weighted by molar-refractivity contribution is 0.265. The van der Waals surface area contributed by atoms with Crippen molar-refractivity contribution in [1.82, 2.24) is 0 Å². The molecule has 1 atom stereocenters. The third-order valence-corrected chi connectivity index (χ3v) is 3.26. The first-order chi connectivity index (χ1) is 8.95. The molecule has 1 heteroatoms. The van der Waals surface area contributed by atoms with Crippen LogP contribution in [0.4, 0.5) is 0 Å². The molecule has 1 nitrogen and oxygen atoms in total. The molecule has 0 aliphatic heterocycles. The first-order valence-corrected chi connectivity index (χ1v) is 7.30. The third kappa shape index (κ3) is 4.74. The van der Waals surface area contributed by atoms with Gasteiger partial charge in [0, 0.05) is 0 Å². The zero-order chi connectivity index (χ0) is 14.4. The van der Waals surface area contributed by atoms with Crippen molar-refractivity contribution in [3.8, 4) is 5.75 Å². The van der Waals surface area contributed by atoms with Crippen molar-refractivity contribution in [3.63, 3.8) is 0 Å². The summed E-state index contributed by atoms with van der Waals surface area (Å²) in [6.45, 7) is 13.8. The maximum absolute atomic E-state index is 6.06. The van der Waals surface area contributed by atoms with Crippen LogP contribution in [0, 0.1) is 19.8 Å². The van der Waals surface area contributed by atoms with Crippen LogP contribution in [0.5, 0.6) is 5.75 Å². The van der Waals surface area contributed by atoms with Crippen LogP contribution in [-0.2, 0) is 0 Å². The highest BCUT2D eigenvalue weighted by molar-refractivity contribution is 5.45. The molecule has 0 N–H and O–H groups in total. The van der Waals surface area contributed by atoms with E-state index in [0.717, 1.165) is 18.8 Å². The van der Waals surface area contributed by atoms with Gasteiger partial charge in [0.1, 0.15) is 5.75 Å². The average molecular weight is 260 g/mol. The molecule has 1 rings (SSSR count). The minimum atomic E-state index is 0.497. The van der Waals surface area contributed by atoms with Gasteiger partial charge in [-0.05, 0) is 50.2 Å². The Morgan fingerprint density at radius 1 is 1.16 bits per heavy atom. The Balaban J connectivity index is 3.04. The number of allylic oxidation sites excluding steroid dienone is 2. The molecular weight excluding hydrogens is 232 g/mol. The van der Waals surface area contributed by atoms with Gasteiger partial charge >= 0.3 is 0 Å². The van der Waals surface area contributed by atoms with Gasteiger partial charge in [-0.3, -0.25) is 0 Å². The second-order valence-corrected chi connectivity index (χ2v) is 5.91. The molecule has 0 fully saturated rings. The second kappa shape index (κ2) is 7.37. The minimum absolute atomic E-state index is 0.497. The topological polar surface area (TPSA) is 9.23 Å². The molecule has 0 amide bonds. The Kier molecular flexibility index (Phi) is 6.14. The molecule has 0 heterocycles. The van der Waals surface area contributed by atoms with Crippen molar-refractivity contribution in [2.75, 3.05) is 6.61 Å². The molecular formula is C18H28O. The van der Waals surface area contributed by atoms with Crippen molar-refractivity contribution < 1.29 is 4.74 Å². The van der Waals surface area contributed by atoms with Gasteiger partial charge in [0.25, 0.3) is 0 Å². The fourth-order valence-corrected chi connectivity index (χ4v) is 2.27. The summed E-state index contributed by atoms with van der Waals surface area (Å²) >= 11 is 0. The Bertz CT molecular complexity index is 430. The van der Waals surface area contributed by atoms with Crippen LogP contribution in [0.3, 0.4) is 0 Å². The molecule has 0 spiro atoms. The Morgan fingerprint density at radius 2 is 1.84 bits per heavy atom. The molecule has 106 valence electrons. The first kappa shape index (κ1) is 15.8. The zero-order valence-corrected chi connectivity index (χ0v) is 13.3. The van der Waals surface area contributed by atoms with Gasteiger partial charge in [-0.1, -0.05) is 50.6 Å². The van der Waals surface area contributed by atoms with Gasteiger partial charge < -0.3 is 4.74 Å². The molecule has 19 heavy (non-hydrogen) atoms. The number of hydrogen-bond acceptors (Lipinski definition) is 1. The maximum Gasteiger partial charge on any atom is 0.125 e. The second-order valence-electron chi connectivity index (χ2n) is 5.91. The van der Waals surface area contributed by atoms with E-state index < -0.39 is 0 Å². The largest absolute Gasteiger partial charge is 0.493 e. The van der Waals surface area contributed by atoms with E-state index >= 15 is 0 Å². The summed E-state index contributed by atoms with van der Waals surface area (Å²) in [5.41, 5.74) is 3.91. The normalized spacial score (nSPS) is 13.2. The third-order valence-electron chi connectivity index (χ3n) is 3.26. The Morgan fingerprint density at radius 3 is 2.42 bits per heavy atom. The highest BCUT2D eigenvalue weighted by Gasteiger charge is 2.14. The molecule has 0 bridgehead atoms. The minimum Gasteiger partial charge on any atom is -0.493 e. The van der Waals surface area contributed by atoms with Gasteiger partial charge in [0.2, 0.25) is 0 Å². The van der Waals surface area contributed by atoms with Gasteiger partial charge in [0.05, 0.1) is 6.61 Å². The lowest BCUT2D eigenvalue weighted by atomic mass is 9.93. The Labute approximate surface area is 118 Å². The highest BCUT2D eigenvalue weighted by Crippen LogP contribution is 2.33. The van der Waals surface area contributed by atoms with E-state index in [1.807, 2.05) is 0 Å². The van der Waals surface area contributed by atoms with E-state index in [1.54, 1.807) is 0 Å². The van der Waals surface area contributed by atoms with Gasteiger partial charge in [-0.2, -0.15) is 0 Å². The number of hydrogen-bond donors (Lipinski definition) is 0. The molecule has 0 aromatic heterocycles. The fraction of sp³-hybridized carbons (Fsp3) is 0.556. The molecule has 1 unspecified atom stereocenters. The van der Waals surface area contributed by atoms with Gasteiger partial charge in [0.15, 0.2) is 0 Å². The van der Waals surface area contributed by atoms with E-state index in [1.165, 1.54) is 16.7 Å². The summed E-state index contributed by atoms with van der Waals surface area (Å²) < 4.78 is 6.06. The molecule has 1 aromatic rings. The van der Waals surface area contributed by atoms with Crippen LogP contribution in [0.1, 0.15) is 56.7 Å². The van der Waals surface area contributed by atoms with E-state index in [4.69, 9.17) is 4.74 Å². The lowest BCUT2D eigenvalue weighted by Crippen LogP contribution is -2.09. The monoisotopic (exact) mass is 260 g/mol. The average Bonchev–Trinajstić information content (AvgIpc) is 2.33. The number of benzene rings is 1. The van der Waals surface area contributed by atoms with Crippen LogP contribution in [0.25, 0.3) is 0 Å². The van der Waals surface area contributed by atoms with Crippen LogP contribution in [0.2, 0.25) is 0 Å². The van der Waals surface area contributed by atoms with Crippen molar-refractivity contribution in [1.29, 1.82) is 0 Å². The molecule has 0 radical (unpaired) electrons. The lowest BCUT2D eigenvalue weighted by Gasteiger charge is -2.20. The maximum atomic E-state index is 6.06. The van der Waals surface area contributed by atoms with Crippen LogP contribution < -0.4 is 4.74 Å². The molecule has 0 aliphatic rings. The summed E-state index contributed by atoms with van der Waals surface area (Å²) in [6, 6.07) is 4.48. The molecule has 1 aromatic carbocycles. The summed E-state index contributed by atoms with van der Waals surface area (Å²) in [7, 11) is 0. The predicted octanol–water partition coefficient (Wildman–Crippen LogP) is 5.41. The number of aryl methyl sites for hydroxylation is 2. The molecule has 0 saturated carbocycles. The SMILES string of the molecule is C/C=C\CC(C)c1cc(C)cc(C)c1OCC(C)C. The molecule has 0 saturated heterocycles. The van der Waals surface area contributed by atoms with Crippen molar-refractivity contribution in [2.24, 2.45) is 5.92 Å². The van der Waals surface area contributed by atoms with Crippen LogP contribution in [-0.4, -0.2) is 6.61 Å². The van der Waals surface area contributed by atoms with Gasteiger partial charge in [-0.15, -0.1) is 0 Å². The Hall–Kier alpha value is -1.24. The van der Waals surface area contributed by atoms with Crippen molar-refractivity contribution >= 4 is 0 Å². The van der Waals surface area contributed by atoms with E-state index in [2.05, 4.69) is 65.8 Å². The van der Waals surface area contributed by atoms with E-state index in [0.29, 0.717) is 11.8 Å². The predicted molar refractivity (Wildman–Crippen MR) is 84.1 cm³/mol. The number of rotatable bonds is 6. The molecule has 0 aliphatic carbocycles. The summed E-state index contributed by atoms with van der Waals surface area (Å²) in [5, 5.41) is 0. The van der Waals surface area contributed by atoms with Gasteiger partial charge in [-0.25, -0.2) is 0 Å². The summed E-state index contributed by atoms with van der Waals surface area (Å²) in [4.78, 5) is 0. The van der Waals surface area contributed by atoms with Crippen LogP contribution in [0.15, 0.2) is 24.3 Å². The smallest absolute Gasteiger partial charge is 0.125 e. The van der Waals surface area contributed by atoms with E-state index in [9.17, 15) is 0 Å². The first-order valence-electron chi connectivity index (χ1n) is 7.30. The van der Waals surface area contributed by atoms with Crippen LogP contribution >= 0.6 is 0 Å². The number of ether oxygens (including phenoxy) is 1. The van der Waals surface area contributed by atoms with Crippen molar-refractivity contribution in [3.05, 3.63) is 41.0 Å². The van der Waals surface area contributed by atoms with Crippen molar-refractivity contribution in [2.45, 2.75) is 53.9 Å². The highest BCUT2D eigenvalue weighted by atomic mass is 16.5. The standard InChI is InChI=1S/C18H28O/c1-7-8-9-15(5)17-11-14(4)10-16(6)18(17)19-12-13(2)3/h7-8,10-11,13,15H,9,12H2,1-6H3/b8-7-.